The number of phenolic OH excluding ortho intramolecular Hbond substituents is 1. The molecule has 0 saturated heterocycles. The van der Waals surface area contributed by atoms with Crippen molar-refractivity contribution in [3.63, 3.8) is 0 Å². The van der Waals surface area contributed by atoms with Gasteiger partial charge in [-0.2, -0.15) is 0 Å². The van der Waals surface area contributed by atoms with E-state index in [1.807, 2.05) is 13.8 Å². The summed E-state index contributed by atoms with van der Waals surface area (Å²) in [7, 11) is 0. The van der Waals surface area contributed by atoms with Crippen LogP contribution in [0.4, 0.5) is 0 Å². The number of benzene rings is 1. The van der Waals surface area contributed by atoms with Gasteiger partial charge in [0.2, 0.25) is 0 Å². The van der Waals surface area contributed by atoms with Crippen LogP contribution >= 0.6 is 0 Å². The van der Waals surface area contributed by atoms with Crippen LogP contribution in [0.25, 0.3) is 0 Å². The Hall–Kier alpha value is -1.90. The number of rotatable bonds is 0. The fourth-order valence-electron chi connectivity index (χ4n) is 3.23. The normalized spacial score (nSPS) is 26.2. The molecule has 98 valence electrons. The van der Waals surface area contributed by atoms with E-state index in [0.717, 1.165) is 0 Å². The molecule has 0 saturated carbocycles. The van der Waals surface area contributed by atoms with E-state index < -0.39 is 0 Å². The molecule has 0 heterocycles. The second-order valence-electron chi connectivity index (χ2n) is 5.61. The molecule has 0 spiro atoms. The quantitative estimate of drug-likeness (QED) is 0.725. The number of ketones is 2. The van der Waals surface area contributed by atoms with E-state index in [9.17, 15) is 14.7 Å². The van der Waals surface area contributed by atoms with Gasteiger partial charge in [0.25, 0.3) is 0 Å². The van der Waals surface area contributed by atoms with Crippen LogP contribution in [-0.2, 0) is 0 Å². The monoisotopic (exact) mass is 256 g/mol. The van der Waals surface area contributed by atoms with Gasteiger partial charge in [0.05, 0.1) is 5.56 Å². The molecule has 0 unspecified atom stereocenters. The Bertz CT molecular complexity index is 625. The molecule has 0 fully saturated rings. The Labute approximate surface area is 111 Å². The molecule has 2 aliphatic rings. The summed E-state index contributed by atoms with van der Waals surface area (Å²) in [5.41, 5.74) is 3.02. The maximum Gasteiger partial charge on any atom is 0.171 e. The Kier molecular flexibility index (Phi) is 2.59. The van der Waals surface area contributed by atoms with Crippen LogP contribution in [0.3, 0.4) is 0 Å². The average Bonchev–Trinajstić information content (AvgIpc) is 2.38. The van der Waals surface area contributed by atoms with Crippen LogP contribution < -0.4 is 0 Å². The molecular formula is C16H16O3. The van der Waals surface area contributed by atoms with Crippen LogP contribution in [0, 0.1) is 11.8 Å². The number of aromatic hydroxyl groups is 1. The summed E-state index contributed by atoms with van der Waals surface area (Å²) in [6, 6.07) is 4.74. The van der Waals surface area contributed by atoms with Crippen molar-refractivity contribution in [2.24, 2.45) is 11.8 Å². The van der Waals surface area contributed by atoms with Crippen molar-refractivity contribution >= 4 is 11.6 Å². The van der Waals surface area contributed by atoms with Gasteiger partial charge in [-0.25, -0.2) is 0 Å². The summed E-state index contributed by atoms with van der Waals surface area (Å²) in [4.78, 5) is 25.0. The number of hydrogen-bond acceptors (Lipinski definition) is 3. The first-order chi connectivity index (χ1) is 9.00. The molecule has 2 aliphatic carbocycles. The summed E-state index contributed by atoms with van der Waals surface area (Å²) < 4.78 is 0. The van der Waals surface area contributed by atoms with Crippen molar-refractivity contribution in [2.75, 3.05) is 0 Å². The van der Waals surface area contributed by atoms with E-state index in [2.05, 4.69) is 0 Å². The fraction of sp³-hybridized carbons (Fsp3) is 0.375. The molecule has 3 nitrogen and oxygen atoms in total. The van der Waals surface area contributed by atoms with E-state index >= 15 is 0 Å². The fourth-order valence-corrected chi connectivity index (χ4v) is 3.23. The number of carbonyl (C=O) groups is 2. The van der Waals surface area contributed by atoms with Crippen molar-refractivity contribution in [2.45, 2.75) is 26.7 Å². The molecule has 0 amide bonds. The Morgan fingerprint density at radius 3 is 2.21 bits per heavy atom. The van der Waals surface area contributed by atoms with Crippen molar-refractivity contribution in [3.05, 3.63) is 40.5 Å². The molecule has 19 heavy (non-hydrogen) atoms. The van der Waals surface area contributed by atoms with E-state index in [1.165, 1.54) is 17.2 Å². The summed E-state index contributed by atoms with van der Waals surface area (Å²) in [5, 5.41) is 9.87. The second-order valence-corrected chi connectivity index (χ2v) is 5.61. The highest BCUT2D eigenvalue weighted by Gasteiger charge is 2.44. The third-order valence-corrected chi connectivity index (χ3v) is 4.49. The van der Waals surface area contributed by atoms with Gasteiger partial charge < -0.3 is 5.11 Å². The zero-order valence-electron chi connectivity index (χ0n) is 11.1. The molecule has 1 N–H and O–H groups in total. The highest BCUT2D eigenvalue weighted by Crippen LogP contribution is 2.43. The number of carbonyl (C=O) groups excluding carboxylic acids is 2. The molecule has 0 radical (unpaired) electrons. The first kappa shape index (κ1) is 12.2. The van der Waals surface area contributed by atoms with Gasteiger partial charge in [0, 0.05) is 17.4 Å². The zero-order valence-corrected chi connectivity index (χ0v) is 11.1. The van der Waals surface area contributed by atoms with Gasteiger partial charge in [-0.3, -0.25) is 9.59 Å². The Morgan fingerprint density at radius 1 is 1.00 bits per heavy atom. The predicted octanol–water partition coefficient (Wildman–Crippen LogP) is 3.13. The first-order valence-corrected chi connectivity index (χ1v) is 6.56. The zero-order chi connectivity index (χ0) is 13.7. The number of phenols is 1. The van der Waals surface area contributed by atoms with E-state index in [4.69, 9.17) is 0 Å². The van der Waals surface area contributed by atoms with Crippen molar-refractivity contribution in [3.8, 4) is 5.75 Å². The van der Waals surface area contributed by atoms with Gasteiger partial charge in [-0.05, 0) is 32.8 Å². The van der Waals surface area contributed by atoms with E-state index in [0.29, 0.717) is 18.4 Å². The SMILES string of the molecule is CC1=C(C)C[C@H]2C(=O)c3c(O)cccc3C(=O)[C@@H]2C1. The third kappa shape index (κ3) is 1.65. The molecule has 2 atom stereocenters. The lowest BCUT2D eigenvalue weighted by molar-refractivity contribution is 0.0718. The average molecular weight is 256 g/mol. The molecule has 0 bridgehead atoms. The highest BCUT2D eigenvalue weighted by atomic mass is 16.3. The number of allylic oxidation sites excluding steroid dienone is 2. The van der Waals surface area contributed by atoms with Gasteiger partial charge in [0.1, 0.15) is 5.75 Å². The lowest BCUT2D eigenvalue weighted by atomic mass is 9.66. The molecule has 1 aromatic carbocycles. The van der Waals surface area contributed by atoms with Crippen molar-refractivity contribution < 1.29 is 14.7 Å². The summed E-state index contributed by atoms with van der Waals surface area (Å²) in [6.45, 7) is 4.05. The van der Waals surface area contributed by atoms with E-state index in [1.54, 1.807) is 12.1 Å². The molecule has 0 aliphatic heterocycles. The number of hydrogen-bond donors (Lipinski definition) is 1. The standard InChI is InChI=1S/C16H16O3/c1-8-6-11-12(7-9(8)2)16(19)14-10(15(11)18)4-3-5-13(14)17/h3-5,11-12,17H,6-7H2,1-2H3/t11-,12-/m1/s1. The first-order valence-electron chi connectivity index (χ1n) is 6.56. The molecule has 1 aromatic rings. The van der Waals surface area contributed by atoms with Crippen LogP contribution in [0.1, 0.15) is 47.4 Å². The molecule has 3 rings (SSSR count). The molecule has 3 heteroatoms. The van der Waals surface area contributed by atoms with Crippen molar-refractivity contribution in [1.29, 1.82) is 0 Å². The maximum atomic E-state index is 12.5. The van der Waals surface area contributed by atoms with E-state index in [-0.39, 0.29) is 34.7 Å². The lowest BCUT2D eigenvalue weighted by Crippen LogP contribution is -2.38. The lowest BCUT2D eigenvalue weighted by Gasteiger charge is -2.35. The van der Waals surface area contributed by atoms with Crippen LogP contribution in [0.2, 0.25) is 0 Å². The second kappa shape index (κ2) is 4.05. The predicted molar refractivity (Wildman–Crippen MR) is 71.4 cm³/mol. The van der Waals surface area contributed by atoms with Gasteiger partial charge in [-0.15, -0.1) is 0 Å². The minimum absolute atomic E-state index is 0.00218. The van der Waals surface area contributed by atoms with Crippen molar-refractivity contribution in [1.82, 2.24) is 0 Å². The molecular weight excluding hydrogens is 240 g/mol. The topological polar surface area (TPSA) is 54.4 Å². The molecule has 0 aromatic heterocycles. The van der Waals surface area contributed by atoms with Gasteiger partial charge in [0.15, 0.2) is 11.6 Å². The largest absolute Gasteiger partial charge is 0.507 e. The third-order valence-electron chi connectivity index (χ3n) is 4.49. The van der Waals surface area contributed by atoms with Gasteiger partial charge >= 0.3 is 0 Å². The Balaban J connectivity index is 2.16. The summed E-state index contributed by atoms with van der Waals surface area (Å²) in [5.74, 6) is -0.687. The minimum atomic E-state index is -0.294. The van der Waals surface area contributed by atoms with Crippen LogP contribution in [-0.4, -0.2) is 16.7 Å². The summed E-state index contributed by atoms with van der Waals surface area (Å²) in [6.07, 6.45) is 1.30. The number of Topliss-reactive ketones (excluding diaryl/α,β-unsaturated/α-hetero) is 2. The van der Waals surface area contributed by atoms with Crippen LogP contribution in [0.15, 0.2) is 29.3 Å². The highest BCUT2D eigenvalue weighted by molar-refractivity contribution is 6.17. The van der Waals surface area contributed by atoms with Crippen LogP contribution in [0.5, 0.6) is 5.75 Å². The number of fused-ring (bicyclic) bond motifs is 2. The smallest absolute Gasteiger partial charge is 0.171 e. The summed E-state index contributed by atoms with van der Waals surface area (Å²) >= 11 is 0. The maximum absolute atomic E-state index is 12.5. The Morgan fingerprint density at radius 2 is 1.58 bits per heavy atom. The minimum Gasteiger partial charge on any atom is -0.507 e. The van der Waals surface area contributed by atoms with Gasteiger partial charge in [-0.1, -0.05) is 23.3 Å².